The Balaban J connectivity index is 1.98. The van der Waals surface area contributed by atoms with Crippen molar-refractivity contribution in [3.05, 3.63) is 16.1 Å². The molecule has 1 fully saturated rings. The quantitative estimate of drug-likeness (QED) is 0.753. The first-order valence-corrected chi connectivity index (χ1v) is 5.36. The van der Waals surface area contributed by atoms with Crippen molar-refractivity contribution in [3.63, 3.8) is 0 Å². The molecular formula is C9H14N2S. The van der Waals surface area contributed by atoms with Gasteiger partial charge < -0.3 is 5.32 Å². The minimum Gasteiger partial charge on any atom is -0.314 e. The molecule has 1 aliphatic heterocycles. The molecule has 1 aliphatic rings. The normalized spacial score (nSPS) is 23.2. The third-order valence-corrected chi connectivity index (χ3v) is 3.40. The second kappa shape index (κ2) is 3.54. The van der Waals surface area contributed by atoms with Gasteiger partial charge in [-0.25, -0.2) is 4.98 Å². The van der Waals surface area contributed by atoms with E-state index in [1.165, 1.54) is 36.4 Å². The summed E-state index contributed by atoms with van der Waals surface area (Å²) in [5.74, 6) is 0. The maximum atomic E-state index is 4.25. The molecule has 2 nitrogen and oxygen atoms in total. The summed E-state index contributed by atoms with van der Waals surface area (Å²) >= 11 is 1.79. The molecule has 0 radical (unpaired) electrons. The Morgan fingerprint density at radius 1 is 1.75 bits per heavy atom. The standard InChI is InChI=1S/C9H14N2S/c1-7-9(12-6-11-7)5-8-3-2-4-10-8/h6,8,10H,2-5H2,1H3. The Morgan fingerprint density at radius 2 is 2.67 bits per heavy atom. The maximum absolute atomic E-state index is 4.25. The van der Waals surface area contributed by atoms with Crippen LogP contribution in [0.3, 0.4) is 0 Å². The lowest BCUT2D eigenvalue weighted by atomic mass is 10.1. The van der Waals surface area contributed by atoms with Crippen LogP contribution in [-0.4, -0.2) is 17.6 Å². The Bertz CT molecular complexity index is 251. The van der Waals surface area contributed by atoms with Crippen molar-refractivity contribution in [1.82, 2.24) is 10.3 Å². The van der Waals surface area contributed by atoms with Crippen LogP contribution in [0, 0.1) is 6.92 Å². The summed E-state index contributed by atoms with van der Waals surface area (Å²) in [6.07, 6.45) is 3.84. The lowest BCUT2D eigenvalue weighted by Gasteiger charge is -2.07. The Labute approximate surface area is 77.0 Å². The van der Waals surface area contributed by atoms with E-state index in [0.717, 1.165) is 0 Å². The molecule has 0 spiro atoms. The Morgan fingerprint density at radius 3 is 3.25 bits per heavy atom. The first-order valence-electron chi connectivity index (χ1n) is 4.48. The van der Waals surface area contributed by atoms with Crippen LogP contribution in [0.1, 0.15) is 23.4 Å². The molecule has 66 valence electrons. The van der Waals surface area contributed by atoms with Gasteiger partial charge >= 0.3 is 0 Å². The van der Waals surface area contributed by atoms with Gasteiger partial charge in [-0.3, -0.25) is 0 Å². The molecule has 1 aromatic rings. The van der Waals surface area contributed by atoms with E-state index in [1.807, 2.05) is 5.51 Å². The van der Waals surface area contributed by atoms with Gasteiger partial charge in [-0.05, 0) is 32.7 Å². The van der Waals surface area contributed by atoms with E-state index >= 15 is 0 Å². The zero-order valence-electron chi connectivity index (χ0n) is 7.34. The van der Waals surface area contributed by atoms with Gasteiger partial charge in [-0.1, -0.05) is 0 Å². The summed E-state index contributed by atoms with van der Waals surface area (Å²) in [6, 6.07) is 0.712. The molecule has 1 saturated heterocycles. The van der Waals surface area contributed by atoms with Crippen molar-refractivity contribution in [1.29, 1.82) is 0 Å². The smallest absolute Gasteiger partial charge is 0.0797 e. The minimum absolute atomic E-state index is 0.712. The van der Waals surface area contributed by atoms with Crippen LogP contribution >= 0.6 is 11.3 Å². The number of rotatable bonds is 2. The molecule has 0 saturated carbocycles. The first kappa shape index (κ1) is 8.20. The Hall–Kier alpha value is -0.410. The average Bonchev–Trinajstić information content (AvgIpc) is 2.65. The van der Waals surface area contributed by atoms with Gasteiger partial charge in [0.25, 0.3) is 0 Å². The molecule has 0 bridgehead atoms. The zero-order chi connectivity index (χ0) is 8.39. The predicted octanol–water partition coefficient (Wildman–Crippen LogP) is 1.75. The van der Waals surface area contributed by atoms with E-state index in [2.05, 4.69) is 17.2 Å². The molecule has 0 amide bonds. The van der Waals surface area contributed by atoms with E-state index < -0.39 is 0 Å². The van der Waals surface area contributed by atoms with Gasteiger partial charge in [-0.2, -0.15) is 0 Å². The highest BCUT2D eigenvalue weighted by atomic mass is 32.1. The van der Waals surface area contributed by atoms with Gasteiger partial charge in [0.2, 0.25) is 0 Å². The van der Waals surface area contributed by atoms with Crippen molar-refractivity contribution in [2.75, 3.05) is 6.54 Å². The predicted molar refractivity (Wildman–Crippen MR) is 51.6 cm³/mol. The fourth-order valence-corrected chi connectivity index (χ4v) is 2.54. The van der Waals surface area contributed by atoms with Crippen molar-refractivity contribution in [2.45, 2.75) is 32.2 Å². The zero-order valence-corrected chi connectivity index (χ0v) is 8.16. The van der Waals surface area contributed by atoms with Crippen LogP contribution in [0.4, 0.5) is 0 Å². The van der Waals surface area contributed by atoms with Gasteiger partial charge in [0.05, 0.1) is 11.2 Å². The van der Waals surface area contributed by atoms with Crippen molar-refractivity contribution < 1.29 is 0 Å². The minimum atomic E-state index is 0.712. The number of hydrogen-bond acceptors (Lipinski definition) is 3. The lowest BCUT2D eigenvalue weighted by Crippen LogP contribution is -2.23. The molecule has 0 aliphatic carbocycles. The Kier molecular flexibility index (Phi) is 2.42. The SMILES string of the molecule is Cc1ncsc1CC1CCCN1. The highest BCUT2D eigenvalue weighted by Gasteiger charge is 2.15. The van der Waals surface area contributed by atoms with E-state index in [9.17, 15) is 0 Å². The fraction of sp³-hybridized carbons (Fsp3) is 0.667. The van der Waals surface area contributed by atoms with Gasteiger partial charge in [0, 0.05) is 10.9 Å². The molecule has 1 N–H and O–H groups in total. The monoisotopic (exact) mass is 182 g/mol. The summed E-state index contributed by atoms with van der Waals surface area (Å²) in [5.41, 5.74) is 3.16. The van der Waals surface area contributed by atoms with Crippen molar-refractivity contribution >= 4 is 11.3 Å². The topological polar surface area (TPSA) is 24.9 Å². The summed E-state index contributed by atoms with van der Waals surface area (Å²) < 4.78 is 0. The summed E-state index contributed by atoms with van der Waals surface area (Å²) in [7, 11) is 0. The second-order valence-corrected chi connectivity index (χ2v) is 4.30. The number of hydrogen-bond donors (Lipinski definition) is 1. The number of thiazole rings is 1. The molecule has 1 atom stereocenters. The highest BCUT2D eigenvalue weighted by Crippen LogP contribution is 2.18. The molecular weight excluding hydrogens is 168 g/mol. The largest absolute Gasteiger partial charge is 0.314 e. The number of nitrogens with one attached hydrogen (secondary N) is 1. The van der Waals surface area contributed by atoms with Crippen LogP contribution in [0.5, 0.6) is 0 Å². The highest BCUT2D eigenvalue weighted by molar-refractivity contribution is 7.09. The lowest BCUT2D eigenvalue weighted by molar-refractivity contribution is 0.606. The molecule has 2 rings (SSSR count). The summed E-state index contributed by atoms with van der Waals surface area (Å²) in [5, 5.41) is 3.50. The molecule has 0 aromatic carbocycles. The van der Waals surface area contributed by atoms with Crippen molar-refractivity contribution in [2.24, 2.45) is 0 Å². The molecule has 2 heterocycles. The van der Waals surface area contributed by atoms with Crippen LogP contribution in [0.15, 0.2) is 5.51 Å². The summed E-state index contributed by atoms with van der Waals surface area (Å²) in [4.78, 5) is 5.70. The molecule has 1 aromatic heterocycles. The van der Waals surface area contributed by atoms with E-state index in [-0.39, 0.29) is 0 Å². The van der Waals surface area contributed by atoms with Gasteiger partial charge in [0.15, 0.2) is 0 Å². The molecule has 1 unspecified atom stereocenters. The fourth-order valence-electron chi connectivity index (χ4n) is 1.68. The van der Waals surface area contributed by atoms with E-state index in [1.54, 1.807) is 11.3 Å². The van der Waals surface area contributed by atoms with Gasteiger partial charge in [0.1, 0.15) is 0 Å². The molecule has 12 heavy (non-hydrogen) atoms. The van der Waals surface area contributed by atoms with E-state index in [4.69, 9.17) is 0 Å². The third-order valence-electron chi connectivity index (χ3n) is 2.44. The maximum Gasteiger partial charge on any atom is 0.0797 e. The third kappa shape index (κ3) is 1.67. The average molecular weight is 182 g/mol. The summed E-state index contributed by atoms with van der Waals surface area (Å²) in [6.45, 7) is 3.29. The van der Waals surface area contributed by atoms with Crippen LogP contribution in [0.25, 0.3) is 0 Å². The second-order valence-electron chi connectivity index (χ2n) is 3.36. The number of nitrogens with zero attached hydrogens (tertiary/aromatic N) is 1. The molecule has 3 heteroatoms. The van der Waals surface area contributed by atoms with Crippen LogP contribution < -0.4 is 5.32 Å². The van der Waals surface area contributed by atoms with Crippen LogP contribution in [-0.2, 0) is 6.42 Å². The number of aromatic nitrogens is 1. The van der Waals surface area contributed by atoms with Crippen molar-refractivity contribution in [3.8, 4) is 0 Å². The number of aryl methyl sites for hydroxylation is 1. The van der Waals surface area contributed by atoms with E-state index in [0.29, 0.717) is 6.04 Å². The van der Waals surface area contributed by atoms with Gasteiger partial charge in [-0.15, -0.1) is 11.3 Å². The van der Waals surface area contributed by atoms with Crippen LogP contribution in [0.2, 0.25) is 0 Å². The first-order chi connectivity index (χ1) is 5.86.